The minimum Gasteiger partial charge on any atom is -0.507 e. The molecule has 1 aromatic carbocycles. The summed E-state index contributed by atoms with van der Waals surface area (Å²) in [6, 6.07) is 2.21. The van der Waals surface area contributed by atoms with E-state index in [-0.39, 0.29) is 22.6 Å². The van der Waals surface area contributed by atoms with E-state index >= 15 is 0 Å². The van der Waals surface area contributed by atoms with Gasteiger partial charge in [-0.15, -0.1) is 0 Å². The number of carboxylic acid groups (broad SMARTS) is 1. The lowest BCUT2D eigenvalue weighted by molar-refractivity contribution is 0.0693. The highest BCUT2D eigenvalue weighted by molar-refractivity contribution is 6.08. The van der Waals surface area contributed by atoms with Crippen molar-refractivity contribution < 1.29 is 24.5 Å². The predicted molar refractivity (Wildman–Crippen MR) is 69.9 cm³/mol. The molecule has 0 fully saturated rings. The Balaban J connectivity index is 3.25. The summed E-state index contributed by atoms with van der Waals surface area (Å²) in [6.07, 6.45) is 6.14. The number of carbonyl (C=O) groups excluding carboxylic acids is 1. The Morgan fingerprint density at radius 3 is 2.42 bits per heavy atom. The van der Waals surface area contributed by atoms with Gasteiger partial charge in [-0.3, -0.25) is 4.79 Å². The number of aromatic hydroxyl groups is 1. The third kappa shape index (κ3) is 3.45. The number of phenols is 1. The maximum Gasteiger partial charge on any atom is 0.339 e. The maximum absolute atomic E-state index is 11.8. The Labute approximate surface area is 110 Å². The summed E-state index contributed by atoms with van der Waals surface area (Å²) < 4.78 is 4.84. The summed E-state index contributed by atoms with van der Waals surface area (Å²) >= 11 is 0. The summed E-state index contributed by atoms with van der Waals surface area (Å²) in [5, 5.41) is 18.7. The number of allylic oxidation sites excluding steroid dienone is 4. The van der Waals surface area contributed by atoms with Crippen LogP contribution in [0.3, 0.4) is 0 Å². The van der Waals surface area contributed by atoms with Crippen molar-refractivity contribution >= 4 is 11.8 Å². The standard InChI is InChI=1S/C14H14O5/c1-3-4-5-6-11(15)9-7-10(14(17)18)13(19-2)8-12(9)16/h3-8,16H,1-2H3,(H,17,18)/b4-3+,6-5+. The molecular formula is C14H14O5. The zero-order chi connectivity index (χ0) is 14.4. The smallest absolute Gasteiger partial charge is 0.339 e. The molecule has 0 aliphatic carbocycles. The number of methoxy groups -OCH3 is 1. The third-order valence-electron chi connectivity index (χ3n) is 2.36. The minimum absolute atomic E-state index is 0.000941. The molecule has 0 saturated carbocycles. The summed E-state index contributed by atoms with van der Waals surface area (Å²) in [6.45, 7) is 1.79. The Kier molecular flexibility index (Phi) is 4.88. The van der Waals surface area contributed by atoms with E-state index < -0.39 is 11.8 Å². The molecule has 0 saturated heterocycles. The van der Waals surface area contributed by atoms with Crippen molar-refractivity contribution in [3.05, 3.63) is 47.6 Å². The first-order valence-electron chi connectivity index (χ1n) is 5.49. The SMILES string of the molecule is C/C=C/C=C/C(=O)c1cc(C(=O)O)c(OC)cc1O. The number of hydrogen-bond donors (Lipinski definition) is 2. The van der Waals surface area contributed by atoms with Crippen molar-refractivity contribution in [2.45, 2.75) is 6.92 Å². The van der Waals surface area contributed by atoms with Crippen molar-refractivity contribution in [1.82, 2.24) is 0 Å². The molecule has 0 aliphatic heterocycles. The van der Waals surface area contributed by atoms with Gasteiger partial charge in [-0.25, -0.2) is 4.79 Å². The van der Waals surface area contributed by atoms with Crippen LogP contribution in [0.1, 0.15) is 27.6 Å². The van der Waals surface area contributed by atoms with Gasteiger partial charge in [0.25, 0.3) is 0 Å². The molecule has 0 bridgehead atoms. The van der Waals surface area contributed by atoms with Gasteiger partial charge in [-0.2, -0.15) is 0 Å². The summed E-state index contributed by atoms with van der Waals surface area (Å²) in [4.78, 5) is 22.8. The first-order valence-corrected chi connectivity index (χ1v) is 5.49. The molecule has 0 aromatic heterocycles. The van der Waals surface area contributed by atoms with Crippen LogP contribution in [0.5, 0.6) is 11.5 Å². The largest absolute Gasteiger partial charge is 0.507 e. The van der Waals surface area contributed by atoms with Crippen LogP contribution in [0, 0.1) is 0 Å². The van der Waals surface area contributed by atoms with Gasteiger partial charge in [0, 0.05) is 6.07 Å². The van der Waals surface area contributed by atoms with Gasteiger partial charge in [0.15, 0.2) is 5.78 Å². The monoisotopic (exact) mass is 262 g/mol. The number of benzene rings is 1. The van der Waals surface area contributed by atoms with E-state index in [1.807, 2.05) is 0 Å². The fourth-order valence-corrected chi connectivity index (χ4v) is 1.45. The molecule has 5 nitrogen and oxygen atoms in total. The van der Waals surface area contributed by atoms with Crippen molar-refractivity contribution in [2.75, 3.05) is 7.11 Å². The van der Waals surface area contributed by atoms with E-state index in [0.717, 1.165) is 12.1 Å². The summed E-state index contributed by atoms with van der Waals surface area (Å²) in [5.41, 5.74) is -0.262. The lowest BCUT2D eigenvalue weighted by Crippen LogP contribution is -2.04. The molecule has 0 radical (unpaired) electrons. The van der Waals surface area contributed by atoms with Crippen LogP contribution in [0.25, 0.3) is 0 Å². The molecule has 19 heavy (non-hydrogen) atoms. The van der Waals surface area contributed by atoms with Gasteiger partial charge < -0.3 is 14.9 Å². The molecule has 0 unspecified atom stereocenters. The quantitative estimate of drug-likeness (QED) is 0.483. The van der Waals surface area contributed by atoms with Crippen molar-refractivity contribution in [1.29, 1.82) is 0 Å². The second-order valence-electron chi connectivity index (χ2n) is 3.62. The molecule has 0 aliphatic rings. The van der Waals surface area contributed by atoms with Crippen LogP contribution >= 0.6 is 0 Å². The van der Waals surface area contributed by atoms with Crippen molar-refractivity contribution in [3.63, 3.8) is 0 Å². The Hall–Kier alpha value is -2.56. The fraction of sp³-hybridized carbons (Fsp3) is 0.143. The van der Waals surface area contributed by atoms with Crippen LogP contribution in [0.15, 0.2) is 36.4 Å². The number of ketones is 1. The molecular weight excluding hydrogens is 248 g/mol. The van der Waals surface area contributed by atoms with Crippen molar-refractivity contribution in [3.8, 4) is 11.5 Å². The topological polar surface area (TPSA) is 83.8 Å². The van der Waals surface area contributed by atoms with Gasteiger partial charge in [0.1, 0.15) is 17.1 Å². The maximum atomic E-state index is 11.8. The Morgan fingerprint density at radius 1 is 1.21 bits per heavy atom. The fourth-order valence-electron chi connectivity index (χ4n) is 1.45. The first kappa shape index (κ1) is 14.5. The highest BCUT2D eigenvalue weighted by atomic mass is 16.5. The number of aromatic carboxylic acids is 1. The summed E-state index contributed by atoms with van der Waals surface area (Å²) in [7, 11) is 1.29. The highest BCUT2D eigenvalue weighted by Gasteiger charge is 2.18. The van der Waals surface area contributed by atoms with Gasteiger partial charge >= 0.3 is 5.97 Å². The van der Waals surface area contributed by atoms with Crippen LogP contribution in [-0.4, -0.2) is 29.1 Å². The van der Waals surface area contributed by atoms with E-state index in [9.17, 15) is 14.7 Å². The highest BCUT2D eigenvalue weighted by Crippen LogP contribution is 2.28. The van der Waals surface area contributed by atoms with Crippen molar-refractivity contribution in [2.24, 2.45) is 0 Å². The Bertz CT molecular complexity index is 555. The van der Waals surface area contributed by atoms with Gasteiger partial charge in [0.05, 0.1) is 12.7 Å². The molecule has 0 atom stereocenters. The molecule has 5 heteroatoms. The first-order chi connectivity index (χ1) is 9.01. The number of ether oxygens (including phenoxy) is 1. The van der Waals surface area contributed by atoms with Crippen LogP contribution < -0.4 is 4.74 Å². The zero-order valence-corrected chi connectivity index (χ0v) is 10.6. The van der Waals surface area contributed by atoms with E-state index in [4.69, 9.17) is 9.84 Å². The average Bonchev–Trinajstić information content (AvgIpc) is 2.37. The minimum atomic E-state index is -1.23. The zero-order valence-electron chi connectivity index (χ0n) is 10.6. The number of rotatable bonds is 5. The molecule has 1 rings (SSSR count). The van der Waals surface area contributed by atoms with Gasteiger partial charge in [0.2, 0.25) is 0 Å². The molecule has 0 amide bonds. The number of carboxylic acids is 1. The Morgan fingerprint density at radius 2 is 1.89 bits per heavy atom. The average molecular weight is 262 g/mol. The lowest BCUT2D eigenvalue weighted by atomic mass is 10.0. The molecule has 100 valence electrons. The van der Waals surface area contributed by atoms with E-state index in [1.54, 1.807) is 19.1 Å². The van der Waals surface area contributed by atoms with Gasteiger partial charge in [-0.05, 0) is 19.1 Å². The van der Waals surface area contributed by atoms with Gasteiger partial charge in [-0.1, -0.05) is 18.2 Å². The normalized spacial score (nSPS) is 11.1. The summed E-state index contributed by atoms with van der Waals surface area (Å²) in [5.74, 6) is -2.04. The van der Waals surface area contributed by atoms with Crippen LogP contribution in [-0.2, 0) is 0 Å². The number of phenolic OH excluding ortho intramolecular Hbond substituents is 1. The van der Waals surface area contributed by atoms with Crippen LogP contribution in [0.2, 0.25) is 0 Å². The number of carbonyl (C=O) groups is 2. The second kappa shape index (κ2) is 6.39. The lowest BCUT2D eigenvalue weighted by Gasteiger charge is -2.08. The van der Waals surface area contributed by atoms with Crippen LogP contribution in [0.4, 0.5) is 0 Å². The number of hydrogen-bond acceptors (Lipinski definition) is 4. The van der Waals surface area contributed by atoms with E-state index in [1.165, 1.54) is 19.3 Å². The van der Waals surface area contributed by atoms with E-state index in [2.05, 4.69) is 0 Å². The molecule has 0 spiro atoms. The van der Waals surface area contributed by atoms with E-state index in [0.29, 0.717) is 0 Å². The second-order valence-corrected chi connectivity index (χ2v) is 3.62. The molecule has 0 heterocycles. The molecule has 2 N–H and O–H groups in total. The molecule has 1 aromatic rings. The predicted octanol–water partition coefficient (Wildman–Crippen LogP) is 2.41. The third-order valence-corrected chi connectivity index (χ3v) is 2.36.